The summed E-state index contributed by atoms with van der Waals surface area (Å²) in [7, 11) is 0. The predicted molar refractivity (Wildman–Crippen MR) is 58.9 cm³/mol. The molecule has 14 heavy (non-hydrogen) atoms. The van der Waals surface area contributed by atoms with Crippen LogP contribution >= 0.6 is 23.4 Å². The maximum absolute atomic E-state index is 5.76. The van der Waals surface area contributed by atoms with Crippen LogP contribution in [0.3, 0.4) is 0 Å². The molecule has 2 heterocycles. The highest BCUT2D eigenvalue weighted by molar-refractivity contribution is 7.99. The van der Waals surface area contributed by atoms with Gasteiger partial charge in [0, 0.05) is 18.1 Å². The third-order valence-electron chi connectivity index (χ3n) is 2.28. The Morgan fingerprint density at radius 1 is 1.57 bits per heavy atom. The fourth-order valence-corrected chi connectivity index (χ4v) is 2.62. The molecule has 0 aromatic carbocycles. The zero-order valence-corrected chi connectivity index (χ0v) is 9.52. The number of pyridine rings is 1. The molecule has 0 N–H and O–H groups in total. The molecule has 1 aromatic rings. The van der Waals surface area contributed by atoms with Gasteiger partial charge < -0.3 is 4.74 Å². The molecule has 1 aliphatic heterocycles. The summed E-state index contributed by atoms with van der Waals surface area (Å²) in [6, 6.07) is 3.83. The van der Waals surface area contributed by atoms with Gasteiger partial charge in [0.2, 0.25) is 0 Å². The molecule has 2 nitrogen and oxygen atoms in total. The lowest BCUT2D eigenvalue weighted by molar-refractivity contribution is 0.127. The Bertz CT molecular complexity index is 303. The molecule has 1 fully saturated rings. The zero-order chi connectivity index (χ0) is 9.97. The summed E-state index contributed by atoms with van der Waals surface area (Å²) in [5.74, 6) is 0. The average molecular weight is 230 g/mol. The number of hydrogen-bond donors (Lipinski definition) is 0. The number of ether oxygens (including phenoxy) is 1. The predicted octanol–water partition coefficient (Wildman–Crippen LogP) is 3.00. The van der Waals surface area contributed by atoms with Crippen molar-refractivity contribution in [1.82, 2.24) is 4.98 Å². The highest BCUT2D eigenvalue weighted by Gasteiger charge is 2.25. The fourth-order valence-electron chi connectivity index (χ4n) is 1.45. The molecular weight excluding hydrogens is 218 g/mol. The highest BCUT2D eigenvalue weighted by Crippen LogP contribution is 2.31. The zero-order valence-electron chi connectivity index (χ0n) is 7.94. The van der Waals surface area contributed by atoms with E-state index in [4.69, 9.17) is 16.3 Å². The Labute approximate surface area is 93.0 Å². The minimum absolute atomic E-state index is 0.331. The lowest BCUT2D eigenvalue weighted by Crippen LogP contribution is -2.13. The lowest BCUT2D eigenvalue weighted by atomic mass is 10.3. The van der Waals surface area contributed by atoms with Gasteiger partial charge in [0.05, 0.1) is 16.2 Å². The quantitative estimate of drug-likeness (QED) is 0.779. The van der Waals surface area contributed by atoms with Crippen molar-refractivity contribution in [3.63, 3.8) is 0 Å². The first-order valence-corrected chi connectivity index (χ1v) is 5.91. The Morgan fingerprint density at radius 3 is 3.00 bits per heavy atom. The second-order valence-corrected chi connectivity index (χ2v) is 5.03. The van der Waals surface area contributed by atoms with Gasteiger partial charge in [-0.2, -0.15) is 0 Å². The molecule has 2 atom stereocenters. The van der Waals surface area contributed by atoms with E-state index in [0.29, 0.717) is 16.4 Å². The fraction of sp³-hybridized carbons (Fsp3) is 0.500. The maximum Gasteiger partial charge on any atom is 0.0964 e. The summed E-state index contributed by atoms with van der Waals surface area (Å²) in [6.45, 7) is 2.98. The van der Waals surface area contributed by atoms with Crippen LogP contribution in [0.5, 0.6) is 0 Å². The van der Waals surface area contributed by atoms with Crippen molar-refractivity contribution in [3.05, 3.63) is 23.4 Å². The summed E-state index contributed by atoms with van der Waals surface area (Å²) in [5, 5.41) is 2.24. The standard InChI is InChI=1S/C10H12ClNOS/c1-7-9(4-5-13-7)14-10-3-2-8(11)6-12-10/h2-3,6-7,9H,4-5H2,1H3. The second kappa shape index (κ2) is 4.51. The van der Waals surface area contributed by atoms with Crippen LogP contribution in [-0.4, -0.2) is 22.9 Å². The molecule has 2 unspecified atom stereocenters. The van der Waals surface area contributed by atoms with Gasteiger partial charge in [-0.1, -0.05) is 11.6 Å². The Morgan fingerprint density at radius 2 is 2.43 bits per heavy atom. The first-order valence-electron chi connectivity index (χ1n) is 4.65. The van der Waals surface area contributed by atoms with Gasteiger partial charge in [0.1, 0.15) is 0 Å². The van der Waals surface area contributed by atoms with Crippen molar-refractivity contribution in [3.8, 4) is 0 Å². The van der Waals surface area contributed by atoms with Crippen LogP contribution in [0.15, 0.2) is 23.4 Å². The van der Waals surface area contributed by atoms with E-state index < -0.39 is 0 Å². The molecule has 1 saturated heterocycles. The topological polar surface area (TPSA) is 22.1 Å². The van der Waals surface area contributed by atoms with Gasteiger partial charge in [-0.3, -0.25) is 0 Å². The van der Waals surface area contributed by atoms with E-state index >= 15 is 0 Å². The lowest BCUT2D eigenvalue weighted by Gasteiger charge is -2.12. The van der Waals surface area contributed by atoms with E-state index in [1.807, 2.05) is 12.1 Å². The molecule has 1 aromatic heterocycles. The van der Waals surface area contributed by atoms with Crippen molar-refractivity contribution in [2.24, 2.45) is 0 Å². The molecule has 0 amide bonds. The van der Waals surface area contributed by atoms with Crippen molar-refractivity contribution in [2.75, 3.05) is 6.61 Å². The van der Waals surface area contributed by atoms with Gasteiger partial charge >= 0.3 is 0 Å². The molecule has 1 aliphatic rings. The number of halogens is 1. The Kier molecular flexibility index (Phi) is 3.31. The van der Waals surface area contributed by atoms with Crippen LogP contribution in [-0.2, 0) is 4.74 Å². The monoisotopic (exact) mass is 229 g/mol. The van der Waals surface area contributed by atoms with Crippen LogP contribution in [0.4, 0.5) is 0 Å². The summed E-state index contributed by atoms with van der Waals surface area (Å²) >= 11 is 7.53. The third-order valence-corrected chi connectivity index (χ3v) is 3.91. The van der Waals surface area contributed by atoms with Gasteiger partial charge in [-0.25, -0.2) is 4.98 Å². The highest BCUT2D eigenvalue weighted by atomic mass is 35.5. The van der Waals surface area contributed by atoms with Crippen LogP contribution in [0.1, 0.15) is 13.3 Å². The molecule has 0 bridgehead atoms. The summed E-state index contributed by atoms with van der Waals surface area (Å²) in [6.07, 6.45) is 3.12. The smallest absolute Gasteiger partial charge is 0.0964 e. The minimum atomic E-state index is 0.331. The van der Waals surface area contributed by atoms with Gasteiger partial charge in [-0.05, 0) is 25.5 Å². The average Bonchev–Trinajstić information content (AvgIpc) is 2.56. The first kappa shape index (κ1) is 10.3. The number of rotatable bonds is 2. The van der Waals surface area contributed by atoms with Gasteiger partial charge in [0.15, 0.2) is 0 Å². The van der Waals surface area contributed by atoms with Crippen molar-refractivity contribution in [1.29, 1.82) is 0 Å². The number of nitrogens with zero attached hydrogens (tertiary/aromatic N) is 1. The molecule has 76 valence electrons. The van der Waals surface area contributed by atoms with E-state index in [9.17, 15) is 0 Å². The van der Waals surface area contributed by atoms with Gasteiger partial charge in [-0.15, -0.1) is 11.8 Å². The molecule has 0 saturated carbocycles. The normalized spacial score (nSPS) is 26.7. The number of hydrogen-bond acceptors (Lipinski definition) is 3. The van der Waals surface area contributed by atoms with E-state index in [2.05, 4.69) is 11.9 Å². The largest absolute Gasteiger partial charge is 0.377 e. The molecule has 0 spiro atoms. The molecule has 0 radical (unpaired) electrons. The number of thioether (sulfide) groups is 1. The Hall–Kier alpha value is -0.250. The molecule has 4 heteroatoms. The van der Waals surface area contributed by atoms with Gasteiger partial charge in [0.25, 0.3) is 0 Å². The minimum Gasteiger partial charge on any atom is -0.377 e. The summed E-state index contributed by atoms with van der Waals surface area (Å²) in [4.78, 5) is 4.25. The van der Waals surface area contributed by atoms with Crippen molar-refractivity contribution >= 4 is 23.4 Å². The molecular formula is C10H12ClNOS. The van der Waals surface area contributed by atoms with Crippen molar-refractivity contribution < 1.29 is 4.74 Å². The van der Waals surface area contributed by atoms with E-state index in [0.717, 1.165) is 18.1 Å². The third kappa shape index (κ3) is 2.41. The summed E-state index contributed by atoms with van der Waals surface area (Å²) in [5.41, 5.74) is 0. The van der Waals surface area contributed by atoms with E-state index in [-0.39, 0.29) is 0 Å². The van der Waals surface area contributed by atoms with Crippen LogP contribution in [0.2, 0.25) is 5.02 Å². The maximum atomic E-state index is 5.76. The van der Waals surface area contributed by atoms with Crippen molar-refractivity contribution in [2.45, 2.75) is 29.7 Å². The van der Waals surface area contributed by atoms with E-state index in [1.54, 1.807) is 18.0 Å². The molecule has 2 rings (SSSR count). The number of aromatic nitrogens is 1. The molecule has 0 aliphatic carbocycles. The first-order chi connectivity index (χ1) is 6.75. The van der Waals surface area contributed by atoms with Crippen LogP contribution in [0, 0.1) is 0 Å². The van der Waals surface area contributed by atoms with E-state index in [1.165, 1.54) is 0 Å². The Balaban J connectivity index is 2.00. The van der Waals surface area contributed by atoms with Crippen LogP contribution in [0.25, 0.3) is 0 Å². The van der Waals surface area contributed by atoms with Crippen LogP contribution < -0.4 is 0 Å². The summed E-state index contributed by atoms with van der Waals surface area (Å²) < 4.78 is 5.49. The SMILES string of the molecule is CC1OCCC1Sc1ccc(Cl)cn1. The second-order valence-electron chi connectivity index (χ2n) is 3.34.